The Labute approximate surface area is 133 Å². The molecule has 120 valence electrons. The summed E-state index contributed by atoms with van der Waals surface area (Å²) in [7, 11) is -1.76. The van der Waals surface area contributed by atoms with Crippen molar-refractivity contribution in [2.75, 3.05) is 0 Å². The van der Waals surface area contributed by atoms with Gasteiger partial charge >= 0.3 is 0 Å². The topological polar surface area (TPSA) is 49.7 Å². The van der Waals surface area contributed by atoms with Crippen LogP contribution < -0.4 is 0 Å². The minimum absolute atomic E-state index is 0.139. The molecule has 0 aliphatic carbocycles. The average molecular weight is 367 g/mol. The van der Waals surface area contributed by atoms with Crippen molar-refractivity contribution in [1.82, 2.24) is 0 Å². The zero-order valence-corrected chi connectivity index (χ0v) is 16.3. The van der Waals surface area contributed by atoms with Crippen LogP contribution in [0.25, 0.3) is 0 Å². The van der Waals surface area contributed by atoms with E-state index < -0.39 is 20.5 Å². The molecule has 0 aromatic heterocycles. The standard InChI is InChI=1S/C15H31BrO3Si/c1-7-20(8-2,9-3)19-15(11(4)10-16)12(5)14(18)13(6)17/h10,12-15,17-18H,7-9H2,1-6H3/b11-10+/t12-,13-,14?,15+/m1/s1. The number of hydrogen-bond acceptors (Lipinski definition) is 3. The highest BCUT2D eigenvalue weighted by molar-refractivity contribution is 9.11. The van der Waals surface area contributed by atoms with Gasteiger partial charge in [0.05, 0.1) is 18.3 Å². The third-order valence-electron chi connectivity index (χ3n) is 4.44. The van der Waals surface area contributed by atoms with Crippen molar-refractivity contribution >= 4 is 24.2 Å². The molecule has 0 saturated carbocycles. The molecule has 0 aromatic carbocycles. The van der Waals surface area contributed by atoms with E-state index in [1.54, 1.807) is 6.92 Å². The Hall–Kier alpha value is 0.317. The second kappa shape index (κ2) is 9.36. The first-order valence-electron chi connectivity index (χ1n) is 7.59. The van der Waals surface area contributed by atoms with Crippen molar-refractivity contribution in [1.29, 1.82) is 0 Å². The number of rotatable bonds is 9. The van der Waals surface area contributed by atoms with E-state index in [-0.39, 0.29) is 12.0 Å². The fourth-order valence-electron chi connectivity index (χ4n) is 2.56. The van der Waals surface area contributed by atoms with Crippen molar-refractivity contribution in [3.8, 4) is 0 Å². The van der Waals surface area contributed by atoms with E-state index >= 15 is 0 Å². The van der Waals surface area contributed by atoms with Crippen molar-refractivity contribution in [2.24, 2.45) is 5.92 Å². The molecule has 0 heterocycles. The zero-order valence-electron chi connectivity index (χ0n) is 13.7. The van der Waals surface area contributed by atoms with Gasteiger partial charge in [-0.25, -0.2) is 0 Å². The molecular weight excluding hydrogens is 336 g/mol. The largest absolute Gasteiger partial charge is 0.410 e. The molecule has 0 aromatic rings. The maximum atomic E-state index is 10.2. The summed E-state index contributed by atoms with van der Waals surface area (Å²) < 4.78 is 6.54. The molecule has 0 aliphatic rings. The summed E-state index contributed by atoms with van der Waals surface area (Å²) in [4.78, 5) is 1.86. The lowest BCUT2D eigenvalue weighted by Gasteiger charge is -2.38. The zero-order chi connectivity index (χ0) is 15.9. The van der Waals surface area contributed by atoms with Crippen LogP contribution in [0.3, 0.4) is 0 Å². The van der Waals surface area contributed by atoms with E-state index in [1.807, 2.05) is 18.8 Å². The molecule has 5 heteroatoms. The Morgan fingerprint density at radius 1 is 1.15 bits per heavy atom. The summed E-state index contributed by atoms with van der Waals surface area (Å²) in [5.74, 6) is -0.139. The van der Waals surface area contributed by atoms with Crippen LogP contribution in [0, 0.1) is 5.92 Å². The Bertz CT molecular complexity index is 295. The molecule has 0 radical (unpaired) electrons. The molecule has 0 saturated heterocycles. The maximum absolute atomic E-state index is 10.2. The summed E-state index contributed by atoms with van der Waals surface area (Å²) in [5, 5.41) is 19.8. The molecule has 0 aliphatic heterocycles. The molecule has 4 atom stereocenters. The molecular formula is C15H31BrO3Si. The van der Waals surface area contributed by atoms with Gasteiger partial charge in [-0.15, -0.1) is 0 Å². The van der Waals surface area contributed by atoms with Gasteiger partial charge in [0.15, 0.2) is 8.32 Å². The fraction of sp³-hybridized carbons (Fsp3) is 0.867. The minimum atomic E-state index is -1.76. The quantitative estimate of drug-likeness (QED) is 0.605. The third-order valence-corrected chi connectivity index (χ3v) is 9.78. The van der Waals surface area contributed by atoms with E-state index in [1.165, 1.54) is 0 Å². The molecule has 0 bridgehead atoms. The van der Waals surface area contributed by atoms with Crippen LogP contribution >= 0.6 is 15.9 Å². The monoisotopic (exact) mass is 366 g/mol. The summed E-state index contributed by atoms with van der Waals surface area (Å²) in [6.07, 6.45) is -1.68. The second-order valence-electron chi connectivity index (χ2n) is 5.73. The van der Waals surface area contributed by atoms with Crippen LogP contribution in [0.4, 0.5) is 0 Å². The van der Waals surface area contributed by atoms with Crippen molar-refractivity contribution in [3.05, 3.63) is 10.6 Å². The van der Waals surface area contributed by atoms with Crippen LogP contribution in [0.1, 0.15) is 41.5 Å². The number of hydrogen-bond donors (Lipinski definition) is 2. The molecule has 0 fully saturated rings. The molecule has 1 unspecified atom stereocenters. The van der Waals surface area contributed by atoms with Crippen molar-refractivity contribution < 1.29 is 14.6 Å². The van der Waals surface area contributed by atoms with Crippen molar-refractivity contribution in [2.45, 2.75) is 78.0 Å². The summed E-state index contributed by atoms with van der Waals surface area (Å²) in [6, 6.07) is 3.22. The van der Waals surface area contributed by atoms with E-state index in [9.17, 15) is 10.2 Å². The van der Waals surface area contributed by atoms with Gasteiger partial charge in [-0.05, 0) is 42.5 Å². The van der Waals surface area contributed by atoms with Crippen LogP contribution in [-0.4, -0.2) is 36.8 Å². The normalized spacial score (nSPS) is 19.6. The summed E-state index contributed by atoms with van der Waals surface area (Å²) in [5.41, 5.74) is 1.06. The molecule has 3 nitrogen and oxygen atoms in total. The lowest BCUT2D eigenvalue weighted by atomic mass is 9.91. The Kier molecular flexibility index (Phi) is 9.51. The Morgan fingerprint density at radius 3 is 1.90 bits per heavy atom. The highest BCUT2D eigenvalue weighted by Gasteiger charge is 2.37. The number of aliphatic hydroxyl groups excluding tert-OH is 2. The van der Waals surface area contributed by atoms with Gasteiger partial charge in [-0.3, -0.25) is 0 Å². The van der Waals surface area contributed by atoms with Crippen molar-refractivity contribution in [3.63, 3.8) is 0 Å². The highest BCUT2D eigenvalue weighted by atomic mass is 79.9. The lowest BCUT2D eigenvalue weighted by Crippen LogP contribution is -2.46. The van der Waals surface area contributed by atoms with Gasteiger partial charge in [0.2, 0.25) is 0 Å². The minimum Gasteiger partial charge on any atom is -0.410 e. The molecule has 0 rings (SSSR count). The van der Waals surface area contributed by atoms with E-state index in [2.05, 4.69) is 36.7 Å². The molecule has 2 N–H and O–H groups in total. The Morgan fingerprint density at radius 2 is 1.60 bits per heavy atom. The smallest absolute Gasteiger partial charge is 0.192 e. The molecule has 0 spiro atoms. The van der Waals surface area contributed by atoms with Gasteiger partial charge in [0.25, 0.3) is 0 Å². The van der Waals surface area contributed by atoms with Gasteiger partial charge in [-0.2, -0.15) is 0 Å². The maximum Gasteiger partial charge on any atom is 0.192 e. The first-order valence-corrected chi connectivity index (χ1v) is 11.0. The SMILES string of the molecule is CC[Si](CC)(CC)O[C@@H](/C(C)=C/Br)[C@H](C)C(O)[C@@H](C)O. The van der Waals surface area contributed by atoms with E-state index in [0.29, 0.717) is 0 Å². The van der Waals surface area contributed by atoms with Gasteiger partial charge in [-0.1, -0.05) is 43.6 Å². The van der Waals surface area contributed by atoms with Crippen LogP contribution in [0.15, 0.2) is 10.6 Å². The van der Waals surface area contributed by atoms with Gasteiger partial charge in [0.1, 0.15) is 0 Å². The number of aliphatic hydroxyl groups is 2. The molecule has 0 amide bonds. The first-order chi connectivity index (χ1) is 9.28. The van der Waals surface area contributed by atoms with Crippen LogP contribution in [0.5, 0.6) is 0 Å². The first kappa shape index (κ1) is 20.3. The fourth-order valence-corrected chi connectivity index (χ4v) is 5.76. The average Bonchev–Trinajstić information content (AvgIpc) is 2.47. The highest BCUT2D eigenvalue weighted by Crippen LogP contribution is 2.30. The molecule has 20 heavy (non-hydrogen) atoms. The van der Waals surface area contributed by atoms with Gasteiger partial charge in [0, 0.05) is 5.92 Å². The lowest BCUT2D eigenvalue weighted by molar-refractivity contribution is -0.0317. The van der Waals surface area contributed by atoms with Crippen LogP contribution in [0.2, 0.25) is 18.1 Å². The predicted octanol–water partition coefficient (Wildman–Crippen LogP) is 4.05. The summed E-state index contributed by atoms with van der Waals surface area (Å²) >= 11 is 3.37. The number of halogens is 1. The van der Waals surface area contributed by atoms with Crippen LogP contribution in [-0.2, 0) is 4.43 Å². The summed E-state index contributed by atoms with van der Waals surface area (Å²) in [6.45, 7) is 12.2. The van der Waals surface area contributed by atoms with E-state index in [4.69, 9.17) is 4.43 Å². The third kappa shape index (κ3) is 5.26. The Balaban J connectivity index is 5.27. The van der Waals surface area contributed by atoms with E-state index in [0.717, 1.165) is 23.7 Å². The second-order valence-corrected chi connectivity index (χ2v) is 10.9. The van der Waals surface area contributed by atoms with Gasteiger partial charge < -0.3 is 14.6 Å². The predicted molar refractivity (Wildman–Crippen MR) is 91.6 cm³/mol.